The molecule has 11 heavy (non-hydrogen) atoms. The molecule has 2 nitrogen and oxygen atoms in total. The Morgan fingerprint density at radius 1 is 1.55 bits per heavy atom. The van der Waals surface area contributed by atoms with Crippen molar-refractivity contribution in [3.05, 3.63) is 0 Å². The number of hydrogen-bond acceptors (Lipinski definition) is 2. The van der Waals surface area contributed by atoms with Gasteiger partial charge in [-0.25, -0.2) is 0 Å². The van der Waals surface area contributed by atoms with Gasteiger partial charge in [-0.3, -0.25) is 4.79 Å². The van der Waals surface area contributed by atoms with E-state index in [0.717, 1.165) is 13.1 Å². The number of carbonyl (C=O) groups is 1. The smallest absolute Gasteiger partial charge is 0.134 e. The Kier molecular flexibility index (Phi) is 2.06. The fourth-order valence-electron chi connectivity index (χ4n) is 2.11. The highest BCUT2D eigenvalue weighted by Crippen LogP contribution is 2.34. The van der Waals surface area contributed by atoms with Crippen LogP contribution in [0.3, 0.4) is 0 Å². The minimum absolute atomic E-state index is 0.181. The van der Waals surface area contributed by atoms with Crippen LogP contribution in [0.2, 0.25) is 0 Å². The molecule has 0 bridgehead atoms. The lowest BCUT2D eigenvalue weighted by Crippen LogP contribution is -2.27. The molecular weight excluding hydrogens is 138 g/mol. The molecule has 1 heterocycles. The molecule has 64 valence electrons. The van der Waals surface area contributed by atoms with Gasteiger partial charge in [-0.05, 0) is 19.4 Å². The van der Waals surface area contributed by atoms with Gasteiger partial charge in [0.2, 0.25) is 0 Å². The van der Waals surface area contributed by atoms with Gasteiger partial charge in [0.1, 0.15) is 5.78 Å². The molecule has 0 spiro atoms. The van der Waals surface area contributed by atoms with Gasteiger partial charge in [-0.1, -0.05) is 13.8 Å². The van der Waals surface area contributed by atoms with E-state index in [2.05, 4.69) is 25.8 Å². The molecule has 0 aromatic heterocycles. The van der Waals surface area contributed by atoms with Crippen LogP contribution < -0.4 is 0 Å². The van der Waals surface area contributed by atoms with Gasteiger partial charge >= 0.3 is 0 Å². The monoisotopic (exact) mass is 155 g/mol. The zero-order valence-electron chi connectivity index (χ0n) is 7.85. The summed E-state index contributed by atoms with van der Waals surface area (Å²) in [5.41, 5.74) is 0.181. The van der Waals surface area contributed by atoms with Crippen molar-refractivity contribution in [2.45, 2.75) is 20.8 Å². The summed E-state index contributed by atoms with van der Waals surface area (Å²) in [6.45, 7) is 8.01. The van der Waals surface area contributed by atoms with Crippen LogP contribution in [-0.4, -0.2) is 30.8 Å². The number of likely N-dealkylation sites (tertiary alicyclic amines) is 1. The second-order valence-corrected chi connectivity index (χ2v) is 4.35. The van der Waals surface area contributed by atoms with Crippen molar-refractivity contribution in [2.24, 2.45) is 11.3 Å². The maximum absolute atomic E-state index is 11.2. The van der Waals surface area contributed by atoms with E-state index in [1.807, 2.05) is 0 Å². The predicted molar refractivity (Wildman–Crippen MR) is 45.4 cm³/mol. The zero-order valence-corrected chi connectivity index (χ0v) is 7.85. The molecule has 0 N–H and O–H groups in total. The summed E-state index contributed by atoms with van der Waals surface area (Å²) in [7, 11) is 2.07. The van der Waals surface area contributed by atoms with Crippen LogP contribution in [0, 0.1) is 11.3 Å². The molecule has 0 amide bonds. The molecule has 0 aromatic rings. The molecule has 1 rings (SSSR count). The predicted octanol–water partition coefficient (Wildman–Crippen LogP) is 1.16. The molecule has 1 saturated heterocycles. The van der Waals surface area contributed by atoms with Crippen molar-refractivity contribution in [1.82, 2.24) is 4.90 Å². The van der Waals surface area contributed by atoms with Gasteiger partial charge in [-0.15, -0.1) is 0 Å². The van der Waals surface area contributed by atoms with Gasteiger partial charge in [0.15, 0.2) is 0 Å². The molecule has 2 heteroatoms. The Labute approximate surface area is 68.6 Å². The van der Waals surface area contributed by atoms with E-state index in [1.165, 1.54) is 0 Å². The third-order valence-corrected chi connectivity index (χ3v) is 2.61. The van der Waals surface area contributed by atoms with Crippen molar-refractivity contribution in [3.8, 4) is 0 Å². The van der Waals surface area contributed by atoms with E-state index in [0.29, 0.717) is 5.78 Å². The van der Waals surface area contributed by atoms with Crippen LogP contribution in [0.5, 0.6) is 0 Å². The van der Waals surface area contributed by atoms with Crippen molar-refractivity contribution in [1.29, 1.82) is 0 Å². The first-order valence-corrected chi connectivity index (χ1v) is 4.12. The quantitative estimate of drug-likeness (QED) is 0.566. The van der Waals surface area contributed by atoms with Crippen LogP contribution in [-0.2, 0) is 4.79 Å². The van der Waals surface area contributed by atoms with E-state index in [4.69, 9.17) is 0 Å². The third-order valence-electron chi connectivity index (χ3n) is 2.61. The Bertz CT molecular complexity index is 174. The number of ketones is 1. The van der Waals surface area contributed by atoms with E-state index in [-0.39, 0.29) is 11.3 Å². The number of carbonyl (C=O) groups excluding carboxylic acids is 1. The molecular formula is C9H17NO. The molecule has 0 unspecified atom stereocenters. The Hall–Kier alpha value is -0.370. The average molecular weight is 155 g/mol. The van der Waals surface area contributed by atoms with E-state index >= 15 is 0 Å². The summed E-state index contributed by atoms with van der Waals surface area (Å²) in [4.78, 5) is 13.4. The van der Waals surface area contributed by atoms with Crippen molar-refractivity contribution in [3.63, 3.8) is 0 Å². The molecule has 1 atom stereocenters. The number of nitrogens with zero attached hydrogens (tertiary/aromatic N) is 1. The van der Waals surface area contributed by atoms with Crippen molar-refractivity contribution < 1.29 is 4.79 Å². The first-order chi connectivity index (χ1) is 4.93. The summed E-state index contributed by atoms with van der Waals surface area (Å²) in [6.07, 6.45) is 0. The van der Waals surface area contributed by atoms with Crippen molar-refractivity contribution in [2.75, 3.05) is 20.1 Å². The van der Waals surface area contributed by atoms with Gasteiger partial charge in [0.05, 0.1) is 0 Å². The van der Waals surface area contributed by atoms with E-state index < -0.39 is 0 Å². The second kappa shape index (κ2) is 2.59. The number of Topliss-reactive ketones (excluding diaryl/α,β-unsaturated/α-hetero) is 1. The molecule has 0 saturated carbocycles. The van der Waals surface area contributed by atoms with Gasteiger partial charge < -0.3 is 4.90 Å². The van der Waals surface area contributed by atoms with Crippen LogP contribution in [0.15, 0.2) is 0 Å². The normalized spacial score (nSPS) is 30.7. The number of hydrogen-bond donors (Lipinski definition) is 0. The topological polar surface area (TPSA) is 20.3 Å². The van der Waals surface area contributed by atoms with Gasteiger partial charge in [-0.2, -0.15) is 0 Å². The molecule has 0 radical (unpaired) electrons. The largest absolute Gasteiger partial charge is 0.305 e. The molecule has 1 aliphatic rings. The van der Waals surface area contributed by atoms with Gasteiger partial charge in [0.25, 0.3) is 0 Å². The second-order valence-electron chi connectivity index (χ2n) is 4.35. The molecule has 1 aliphatic heterocycles. The Morgan fingerprint density at radius 2 is 2.09 bits per heavy atom. The zero-order chi connectivity index (χ0) is 8.65. The molecule has 0 aromatic carbocycles. The highest BCUT2D eigenvalue weighted by Gasteiger charge is 2.40. The van der Waals surface area contributed by atoms with E-state index in [9.17, 15) is 4.79 Å². The van der Waals surface area contributed by atoms with E-state index in [1.54, 1.807) is 6.92 Å². The van der Waals surface area contributed by atoms with Crippen LogP contribution in [0.4, 0.5) is 0 Å². The minimum Gasteiger partial charge on any atom is -0.305 e. The Morgan fingerprint density at radius 3 is 2.27 bits per heavy atom. The SMILES string of the molecule is CC(=O)[C@H]1CN(C)CC1(C)C. The molecule has 1 fully saturated rings. The van der Waals surface area contributed by atoms with Crippen LogP contribution in [0.25, 0.3) is 0 Å². The minimum atomic E-state index is 0.181. The van der Waals surface area contributed by atoms with Gasteiger partial charge in [0, 0.05) is 19.0 Å². The summed E-state index contributed by atoms with van der Waals surface area (Å²) < 4.78 is 0. The Balaban J connectivity index is 2.74. The lowest BCUT2D eigenvalue weighted by Gasteiger charge is -2.22. The third kappa shape index (κ3) is 1.62. The number of rotatable bonds is 1. The lowest BCUT2D eigenvalue weighted by molar-refractivity contribution is -0.122. The summed E-state index contributed by atoms with van der Waals surface area (Å²) in [5, 5.41) is 0. The van der Waals surface area contributed by atoms with Crippen LogP contribution in [0.1, 0.15) is 20.8 Å². The maximum Gasteiger partial charge on any atom is 0.134 e. The highest BCUT2D eigenvalue weighted by atomic mass is 16.1. The average Bonchev–Trinajstić information content (AvgIpc) is 2.04. The fraction of sp³-hybridized carbons (Fsp3) is 0.889. The highest BCUT2D eigenvalue weighted by molar-refractivity contribution is 5.79. The van der Waals surface area contributed by atoms with Crippen LogP contribution >= 0.6 is 0 Å². The first-order valence-electron chi connectivity index (χ1n) is 4.12. The standard InChI is InChI=1S/C9H17NO/c1-7(11)8-5-10(4)6-9(8,2)3/h8H,5-6H2,1-4H3/t8-/m1/s1. The maximum atomic E-state index is 11.2. The summed E-state index contributed by atoms with van der Waals surface area (Å²) in [5.74, 6) is 0.576. The summed E-state index contributed by atoms with van der Waals surface area (Å²) in [6, 6.07) is 0. The lowest BCUT2D eigenvalue weighted by atomic mass is 9.80. The van der Waals surface area contributed by atoms with Crippen molar-refractivity contribution >= 4 is 5.78 Å². The molecule has 0 aliphatic carbocycles. The summed E-state index contributed by atoms with van der Waals surface area (Å²) >= 11 is 0. The first kappa shape index (κ1) is 8.72. The fourth-order valence-corrected chi connectivity index (χ4v) is 2.11.